The van der Waals surface area contributed by atoms with Crippen molar-refractivity contribution in [3.8, 4) is 28.3 Å². The number of rotatable bonds is 8. The van der Waals surface area contributed by atoms with Crippen molar-refractivity contribution in [1.29, 1.82) is 0 Å². The molecule has 0 unspecified atom stereocenters. The first-order valence-corrected chi connectivity index (χ1v) is 11.2. The highest BCUT2D eigenvalue weighted by Gasteiger charge is 2.31. The highest BCUT2D eigenvalue weighted by Crippen LogP contribution is 2.37. The summed E-state index contributed by atoms with van der Waals surface area (Å²) in [6.45, 7) is -0.504. The van der Waals surface area contributed by atoms with E-state index in [0.29, 0.717) is 17.7 Å². The molecule has 1 N–H and O–H groups in total. The topological polar surface area (TPSA) is 72.6 Å². The highest BCUT2D eigenvalue weighted by molar-refractivity contribution is 5.77. The van der Waals surface area contributed by atoms with E-state index >= 15 is 0 Å². The van der Waals surface area contributed by atoms with E-state index in [1.165, 1.54) is 24.3 Å². The molecule has 0 fully saturated rings. The maximum absolute atomic E-state index is 13.0. The van der Waals surface area contributed by atoms with Crippen LogP contribution in [0.15, 0.2) is 77.2 Å². The Balaban J connectivity index is 1.64. The Labute approximate surface area is 212 Å². The predicted molar refractivity (Wildman–Crippen MR) is 124 cm³/mol. The molecule has 0 saturated carbocycles. The molecular weight excluding hydrogens is 516 g/mol. The Hall–Kier alpha value is -4.28. The molecule has 198 valence electrons. The second kappa shape index (κ2) is 10.6. The molecular formula is C27H19F6NO4. The van der Waals surface area contributed by atoms with E-state index in [2.05, 4.69) is 4.98 Å². The van der Waals surface area contributed by atoms with Crippen molar-refractivity contribution in [2.24, 2.45) is 0 Å². The van der Waals surface area contributed by atoms with Gasteiger partial charge in [0, 0.05) is 17.5 Å². The van der Waals surface area contributed by atoms with Crippen molar-refractivity contribution in [3.05, 3.63) is 95.4 Å². The average molecular weight is 535 g/mol. The summed E-state index contributed by atoms with van der Waals surface area (Å²) in [4.78, 5) is 15.2. The number of hydrogen-bond donors (Lipinski definition) is 1. The lowest BCUT2D eigenvalue weighted by Crippen LogP contribution is -2.09. The Morgan fingerprint density at radius 1 is 0.816 bits per heavy atom. The lowest BCUT2D eigenvalue weighted by Gasteiger charge is -2.08. The third-order valence-corrected chi connectivity index (χ3v) is 5.52. The molecule has 11 heteroatoms. The quantitative estimate of drug-likeness (QED) is 0.240. The van der Waals surface area contributed by atoms with Gasteiger partial charge in [-0.2, -0.15) is 26.3 Å². The van der Waals surface area contributed by atoms with E-state index in [-0.39, 0.29) is 29.3 Å². The number of oxazole rings is 1. The maximum atomic E-state index is 13.0. The molecule has 4 rings (SSSR count). The molecule has 0 aliphatic heterocycles. The van der Waals surface area contributed by atoms with Gasteiger partial charge in [0.1, 0.15) is 11.4 Å². The minimum absolute atomic E-state index is 0.118. The van der Waals surface area contributed by atoms with Gasteiger partial charge in [-0.1, -0.05) is 36.4 Å². The van der Waals surface area contributed by atoms with Crippen molar-refractivity contribution in [2.45, 2.75) is 25.2 Å². The van der Waals surface area contributed by atoms with Crippen LogP contribution in [0.25, 0.3) is 22.6 Å². The van der Waals surface area contributed by atoms with Crippen LogP contribution in [0.1, 0.15) is 22.6 Å². The fourth-order valence-electron chi connectivity index (χ4n) is 3.68. The molecule has 0 radical (unpaired) electrons. The van der Waals surface area contributed by atoms with Crippen LogP contribution in [-0.4, -0.2) is 22.7 Å². The van der Waals surface area contributed by atoms with Gasteiger partial charge < -0.3 is 14.3 Å². The van der Waals surface area contributed by atoms with Crippen LogP contribution in [0, 0.1) is 0 Å². The van der Waals surface area contributed by atoms with Gasteiger partial charge in [-0.05, 0) is 48.4 Å². The van der Waals surface area contributed by atoms with Crippen LogP contribution in [-0.2, 0) is 30.0 Å². The molecule has 0 aliphatic rings. The van der Waals surface area contributed by atoms with E-state index in [0.717, 1.165) is 29.8 Å². The van der Waals surface area contributed by atoms with Gasteiger partial charge in [0.2, 0.25) is 0 Å². The number of halogens is 6. The standard InChI is InChI=1S/C27H19F6NO4/c28-26(29,30)19-9-5-17(6-10-19)24-25(18-7-11-20(12-8-18)27(31,32)33)38-22(34-24)13-4-16-2-1-3-21(14-16)37-15-23(35)36/h1-3,5-12,14H,4,13,15H2,(H,35,36). The van der Waals surface area contributed by atoms with Gasteiger partial charge in [-0.3, -0.25) is 0 Å². The molecule has 5 nitrogen and oxygen atoms in total. The molecule has 0 amide bonds. The molecule has 0 aliphatic carbocycles. The normalized spacial score (nSPS) is 11.9. The van der Waals surface area contributed by atoms with E-state index < -0.39 is 36.1 Å². The summed E-state index contributed by atoms with van der Waals surface area (Å²) in [6, 6.07) is 15.1. The average Bonchev–Trinajstić information content (AvgIpc) is 3.30. The molecule has 0 atom stereocenters. The zero-order valence-electron chi connectivity index (χ0n) is 19.4. The van der Waals surface area contributed by atoms with Crippen molar-refractivity contribution < 1.29 is 45.4 Å². The number of carboxylic acids is 1. The number of aromatic nitrogens is 1. The SMILES string of the molecule is O=C(O)COc1cccc(CCc2nc(-c3ccc(C(F)(F)F)cc3)c(-c3ccc(C(F)(F)F)cc3)o2)c1. The molecule has 0 saturated heterocycles. The van der Waals surface area contributed by atoms with Gasteiger partial charge in [0.05, 0.1) is 11.1 Å². The van der Waals surface area contributed by atoms with Crippen LogP contribution in [0.5, 0.6) is 5.75 Å². The van der Waals surface area contributed by atoms with Gasteiger partial charge in [-0.15, -0.1) is 0 Å². The minimum Gasteiger partial charge on any atom is -0.482 e. The van der Waals surface area contributed by atoms with Crippen LogP contribution in [0.3, 0.4) is 0 Å². The number of carboxylic acid groups (broad SMARTS) is 1. The Bertz CT molecular complexity index is 1330. The number of carbonyl (C=O) groups is 1. The van der Waals surface area contributed by atoms with Crippen molar-refractivity contribution in [1.82, 2.24) is 4.98 Å². The number of nitrogens with zero attached hydrogens (tertiary/aromatic N) is 1. The summed E-state index contributed by atoms with van der Waals surface area (Å²) in [5, 5.41) is 8.77. The molecule has 0 bridgehead atoms. The molecule has 4 aromatic rings. The zero-order chi connectivity index (χ0) is 27.5. The summed E-state index contributed by atoms with van der Waals surface area (Å²) in [6.07, 6.45) is -8.43. The summed E-state index contributed by atoms with van der Waals surface area (Å²) in [5.41, 5.74) is -0.180. The molecule has 1 aromatic heterocycles. The van der Waals surface area contributed by atoms with E-state index in [4.69, 9.17) is 14.3 Å². The van der Waals surface area contributed by atoms with Crippen molar-refractivity contribution >= 4 is 5.97 Å². The summed E-state index contributed by atoms with van der Waals surface area (Å²) < 4.78 is 89.2. The van der Waals surface area contributed by atoms with Crippen LogP contribution in [0.2, 0.25) is 0 Å². The number of benzene rings is 3. The summed E-state index contributed by atoms with van der Waals surface area (Å²) >= 11 is 0. The molecule has 1 heterocycles. The van der Waals surface area contributed by atoms with Crippen molar-refractivity contribution in [3.63, 3.8) is 0 Å². The lowest BCUT2D eigenvalue weighted by molar-refractivity contribution is -0.139. The van der Waals surface area contributed by atoms with E-state index in [1.807, 2.05) is 0 Å². The first-order chi connectivity index (χ1) is 17.9. The van der Waals surface area contributed by atoms with Gasteiger partial charge in [0.15, 0.2) is 18.3 Å². The zero-order valence-corrected chi connectivity index (χ0v) is 19.4. The fourth-order valence-corrected chi connectivity index (χ4v) is 3.68. The monoisotopic (exact) mass is 535 g/mol. The first kappa shape index (κ1) is 26.8. The number of aliphatic carboxylic acids is 1. The second-order valence-corrected chi connectivity index (χ2v) is 8.27. The third kappa shape index (κ3) is 6.53. The fraction of sp³-hybridized carbons (Fsp3) is 0.185. The van der Waals surface area contributed by atoms with Gasteiger partial charge in [-0.25, -0.2) is 9.78 Å². The molecule has 0 spiro atoms. The molecule has 38 heavy (non-hydrogen) atoms. The highest BCUT2D eigenvalue weighted by atomic mass is 19.4. The molecule has 3 aromatic carbocycles. The number of ether oxygens (including phenoxy) is 1. The Morgan fingerprint density at radius 3 is 1.95 bits per heavy atom. The van der Waals surface area contributed by atoms with Crippen LogP contribution < -0.4 is 4.74 Å². The van der Waals surface area contributed by atoms with Gasteiger partial charge >= 0.3 is 18.3 Å². The largest absolute Gasteiger partial charge is 0.482 e. The van der Waals surface area contributed by atoms with Crippen LogP contribution in [0.4, 0.5) is 26.3 Å². The second-order valence-electron chi connectivity index (χ2n) is 8.27. The lowest BCUT2D eigenvalue weighted by atomic mass is 10.0. The van der Waals surface area contributed by atoms with Crippen molar-refractivity contribution in [2.75, 3.05) is 6.61 Å². The smallest absolute Gasteiger partial charge is 0.416 e. The number of hydrogen-bond acceptors (Lipinski definition) is 4. The predicted octanol–water partition coefficient (Wildman–Crippen LogP) is 7.29. The van der Waals surface area contributed by atoms with E-state index in [1.54, 1.807) is 24.3 Å². The maximum Gasteiger partial charge on any atom is 0.416 e. The van der Waals surface area contributed by atoms with Gasteiger partial charge in [0.25, 0.3) is 0 Å². The Kier molecular flexibility index (Phi) is 7.47. The number of aryl methyl sites for hydroxylation is 2. The summed E-state index contributed by atoms with van der Waals surface area (Å²) in [7, 11) is 0. The van der Waals surface area contributed by atoms with E-state index in [9.17, 15) is 31.1 Å². The first-order valence-electron chi connectivity index (χ1n) is 11.2. The Morgan fingerprint density at radius 2 is 1.39 bits per heavy atom. The summed E-state index contributed by atoms with van der Waals surface area (Å²) in [5.74, 6) is -0.436. The third-order valence-electron chi connectivity index (χ3n) is 5.52. The minimum atomic E-state index is -4.54. The number of alkyl halides is 6. The van der Waals surface area contributed by atoms with Crippen LogP contribution >= 0.6 is 0 Å².